The molecular formula is C8H17ClN2O3S2. The molecule has 1 aliphatic heterocycles. The van der Waals surface area contributed by atoms with Gasteiger partial charge in [-0.2, -0.15) is 0 Å². The van der Waals surface area contributed by atoms with Crippen molar-refractivity contribution in [1.29, 1.82) is 0 Å². The van der Waals surface area contributed by atoms with E-state index in [0.29, 0.717) is 0 Å². The zero-order valence-corrected chi connectivity index (χ0v) is 11.7. The predicted molar refractivity (Wildman–Crippen MR) is 68.8 cm³/mol. The summed E-state index contributed by atoms with van der Waals surface area (Å²) in [6.45, 7) is 1.70. The van der Waals surface area contributed by atoms with Gasteiger partial charge in [0.1, 0.15) is 9.84 Å². The minimum Gasteiger partial charge on any atom is -0.351 e. The van der Waals surface area contributed by atoms with E-state index >= 15 is 0 Å². The van der Waals surface area contributed by atoms with Gasteiger partial charge in [-0.15, -0.1) is 24.2 Å². The molecule has 1 aliphatic rings. The predicted octanol–water partition coefficient (Wildman–Crippen LogP) is -0.380. The molecule has 2 atom stereocenters. The number of hydrogen-bond acceptors (Lipinski definition) is 5. The average Bonchev–Trinajstić information content (AvgIpc) is 2.50. The Kier molecular flexibility index (Phi) is 6.69. The van der Waals surface area contributed by atoms with Gasteiger partial charge in [-0.25, -0.2) is 8.42 Å². The van der Waals surface area contributed by atoms with Crippen molar-refractivity contribution in [2.24, 2.45) is 0 Å². The molecule has 0 saturated carbocycles. The zero-order valence-electron chi connectivity index (χ0n) is 9.23. The number of rotatable bonds is 4. The highest BCUT2D eigenvalue weighted by Crippen LogP contribution is 2.09. The SMILES string of the molecule is CC(CS(C)(=O)=O)NC(=O)[C@H]1CSCN1.Cl. The summed E-state index contributed by atoms with van der Waals surface area (Å²) < 4.78 is 21.9. The van der Waals surface area contributed by atoms with E-state index in [2.05, 4.69) is 10.6 Å². The number of amides is 1. The van der Waals surface area contributed by atoms with Gasteiger partial charge in [-0.1, -0.05) is 0 Å². The molecular weight excluding hydrogens is 272 g/mol. The number of carbonyl (C=O) groups excluding carboxylic acids is 1. The van der Waals surface area contributed by atoms with Crippen LogP contribution in [0.5, 0.6) is 0 Å². The normalized spacial score (nSPS) is 22.2. The summed E-state index contributed by atoms with van der Waals surface area (Å²) in [6.07, 6.45) is 1.17. The van der Waals surface area contributed by atoms with Crippen LogP contribution in [-0.2, 0) is 14.6 Å². The third-order valence-electron chi connectivity index (χ3n) is 1.97. The lowest BCUT2D eigenvalue weighted by Gasteiger charge is -2.15. The molecule has 0 aromatic carbocycles. The number of carbonyl (C=O) groups is 1. The van der Waals surface area contributed by atoms with Crippen molar-refractivity contribution < 1.29 is 13.2 Å². The van der Waals surface area contributed by atoms with Crippen LogP contribution in [-0.4, -0.2) is 50.0 Å². The molecule has 96 valence electrons. The van der Waals surface area contributed by atoms with Gasteiger partial charge in [0.25, 0.3) is 0 Å². The molecule has 2 N–H and O–H groups in total. The van der Waals surface area contributed by atoms with E-state index in [9.17, 15) is 13.2 Å². The highest BCUT2D eigenvalue weighted by atomic mass is 35.5. The van der Waals surface area contributed by atoms with Crippen LogP contribution in [0.1, 0.15) is 6.92 Å². The Balaban J connectivity index is 0.00000225. The van der Waals surface area contributed by atoms with Gasteiger partial charge >= 0.3 is 0 Å². The topological polar surface area (TPSA) is 75.3 Å². The molecule has 16 heavy (non-hydrogen) atoms. The summed E-state index contributed by atoms with van der Waals surface area (Å²) in [6, 6.07) is -0.517. The Hall–Kier alpha value is 0.0200. The second-order valence-electron chi connectivity index (χ2n) is 3.77. The molecule has 1 heterocycles. The second kappa shape index (κ2) is 6.68. The quantitative estimate of drug-likeness (QED) is 0.738. The van der Waals surface area contributed by atoms with Crippen LogP contribution in [0.4, 0.5) is 0 Å². The van der Waals surface area contributed by atoms with Crippen molar-refractivity contribution in [2.45, 2.75) is 19.0 Å². The molecule has 1 fully saturated rings. The van der Waals surface area contributed by atoms with Crippen molar-refractivity contribution in [3.63, 3.8) is 0 Å². The maximum absolute atomic E-state index is 11.6. The van der Waals surface area contributed by atoms with E-state index in [0.717, 1.165) is 11.6 Å². The fourth-order valence-corrected chi connectivity index (χ4v) is 3.34. The lowest BCUT2D eigenvalue weighted by atomic mass is 10.3. The summed E-state index contributed by atoms with van der Waals surface area (Å²) >= 11 is 1.66. The van der Waals surface area contributed by atoms with Gasteiger partial charge in [0.2, 0.25) is 5.91 Å². The summed E-state index contributed by atoms with van der Waals surface area (Å²) in [5.41, 5.74) is 0. The van der Waals surface area contributed by atoms with Gasteiger partial charge in [0.05, 0.1) is 11.8 Å². The van der Waals surface area contributed by atoms with Crippen LogP contribution in [0.15, 0.2) is 0 Å². The monoisotopic (exact) mass is 288 g/mol. The van der Waals surface area contributed by atoms with Crippen molar-refractivity contribution in [1.82, 2.24) is 10.6 Å². The number of sulfone groups is 1. The fraction of sp³-hybridized carbons (Fsp3) is 0.875. The van der Waals surface area contributed by atoms with E-state index in [1.807, 2.05) is 0 Å². The smallest absolute Gasteiger partial charge is 0.238 e. The fourth-order valence-electron chi connectivity index (χ4n) is 1.40. The van der Waals surface area contributed by atoms with Crippen LogP contribution >= 0.6 is 24.2 Å². The van der Waals surface area contributed by atoms with E-state index < -0.39 is 9.84 Å². The molecule has 8 heteroatoms. The molecule has 1 amide bonds. The highest BCUT2D eigenvalue weighted by Gasteiger charge is 2.24. The van der Waals surface area contributed by atoms with Gasteiger partial charge < -0.3 is 5.32 Å². The van der Waals surface area contributed by atoms with Crippen LogP contribution in [0.25, 0.3) is 0 Å². The number of hydrogen-bond donors (Lipinski definition) is 2. The van der Waals surface area contributed by atoms with Crippen LogP contribution in [0.3, 0.4) is 0 Å². The van der Waals surface area contributed by atoms with E-state index in [1.165, 1.54) is 6.26 Å². The maximum Gasteiger partial charge on any atom is 0.238 e. The molecule has 0 bridgehead atoms. The van der Waals surface area contributed by atoms with Crippen LogP contribution in [0, 0.1) is 0 Å². The first-order valence-corrected chi connectivity index (χ1v) is 7.89. The van der Waals surface area contributed by atoms with Crippen LogP contribution in [0.2, 0.25) is 0 Å². The lowest BCUT2D eigenvalue weighted by Crippen LogP contribution is -2.47. The minimum atomic E-state index is -3.03. The van der Waals surface area contributed by atoms with Gasteiger partial charge in [-0.3, -0.25) is 10.1 Å². The van der Waals surface area contributed by atoms with E-state index in [1.54, 1.807) is 18.7 Å². The number of thioether (sulfide) groups is 1. The Morgan fingerprint density at radius 2 is 2.25 bits per heavy atom. The van der Waals surface area contributed by atoms with Crippen molar-refractivity contribution in [2.75, 3.05) is 23.6 Å². The summed E-state index contributed by atoms with van der Waals surface area (Å²) in [4.78, 5) is 11.6. The first-order valence-electron chi connectivity index (χ1n) is 4.68. The van der Waals surface area contributed by atoms with Crippen LogP contribution < -0.4 is 10.6 Å². The Morgan fingerprint density at radius 3 is 2.69 bits per heavy atom. The Labute approximate surface area is 106 Å². The Bertz CT molecular complexity index is 328. The molecule has 0 spiro atoms. The number of halogens is 1. The lowest BCUT2D eigenvalue weighted by molar-refractivity contribution is -0.122. The third-order valence-corrected chi connectivity index (χ3v) is 4.02. The molecule has 1 saturated heterocycles. The maximum atomic E-state index is 11.6. The highest BCUT2D eigenvalue weighted by molar-refractivity contribution is 7.99. The molecule has 0 radical (unpaired) electrons. The summed E-state index contributed by atoms with van der Waals surface area (Å²) in [7, 11) is -3.03. The number of nitrogens with one attached hydrogen (secondary N) is 2. The minimum absolute atomic E-state index is 0. The second-order valence-corrected chi connectivity index (χ2v) is 6.99. The van der Waals surface area contributed by atoms with Crippen molar-refractivity contribution >= 4 is 39.9 Å². The van der Waals surface area contributed by atoms with E-state index in [-0.39, 0.29) is 36.2 Å². The largest absolute Gasteiger partial charge is 0.351 e. The van der Waals surface area contributed by atoms with Gasteiger partial charge in [-0.05, 0) is 6.92 Å². The Morgan fingerprint density at radius 1 is 1.62 bits per heavy atom. The van der Waals surface area contributed by atoms with Crippen molar-refractivity contribution in [3.05, 3.63) is 0 Å². The standard InChI is InChI=1S/C8H16N2O3S2.ClH/c1-6(4-15(2,12)13)10-8(11)7-3-14-5-9-7;/h6-7,9H,3-5H2,1-2H3,(H,10,11);1H/t6?,7-;/m1./s1. The summed E-state index contributed by atoms with van der Waals surface area (Å²) in [5.74, 6) is 1.39. The molecule has 0 aromatic heterocycles. The third kappa shape index (κ3) is 5.93. The first kappa shape index (κ1) is 16.0. The molecule has 0 aromatic rings. The van der Waals surface area contributed by atoms with Gasteiger partial charge in [0, 0.05) is 23.9 Å². The van der Waals surface area contributed by atoms with E-state index in [4.69, 9.17) is 0 Å². The molecule has 1 rings (SSSR count). The van der Waals surface area contributed by atoms with Gasteiger partial charge in [0.15, 0.2) is 0 Å². The molecule has 5 nitrogen and oxygen atoms in total. The summed E-state index contributed by atoms with van der Waals surface area (Å²) in [5, 5.41) is 5.71. The average molecular weight is 289 g/mol. The molecule has 0 aliphatic carbocycles. The van der Waals surface area contributed by atoms with Crippen molar-refractivity contribution in [3.8, 4) is 0 Å². The zero-order chi connectivity index (χ0) is 11.5. The molecule has 1 unspecified atom stereocenters. The first-order chi connectivity index (χ1) is 6.88.